The second-order valence-corrected chi connectivity index (χ2v) is 3.37. The minimum atomic E-state index is 0.779. The first-order valence-corrected chi connectivity index (χ1v) is 4.41. The van der Waals surface area contributed by atoms with E-state index < -0.39 is 0 Å². The van der Waals surface area contributed by atoms with Gasteiger partial charge in [-0.3, -0.25) is 0 Å². The lowest BCUT2D eigenvalue weighted by molar-refractivity contribution is 0.886. The molecule has 0 amide bonds. The molecule has 1 aliphatic rings. The van der Waals surface area contributed by atoms with Gasteiger partial charge in [0.2, 0.25) is 0 Å². The molecule has 0 aromatic carbocycles. The van der Waals surface area contributed by atoms with Crippen LogP contribution in [0.3, 0.4) is 0 Å². The van der Waals surface area contributed by atoms with Gasteiger partial charge in [-0.05, 0) is 23.5 Å². The zero-order chi connectivity index (χ0) is 5.11. The molecule has 0 spiro atoms. The first-order valence-electron chi connectivity index (χ1n) is 2.71. The van der Waals surface area contributed by atoms with Crippen molar-refractivity contribution in [3.8, 4) is 0 Å². The maximum atomic E-state index is 5.52. The van der Waals surface area contributed by atoms with Gasteiger partial charge in [-0.25, -0.2) is 0 Å². The van der Waals surface area contributed by atoms with E-state index in [2.05, 4.69) is 0 Å². The molecule has 0 heterocycles. The van der Waals surface area contributed by atoms with Gasteiger partial charge in [0.15, 0.2) is 0 Å². The monoisotopic (exact) mass is 136 g/mol. The molecular weight excluding hydrogens is 128 g/mol. The van der Waals surface area contributed by atoms with Gasteiger partial charge < -0.3 is 0 Å². The molecule has 42 valence electrons. The Morgan fingerprint density at radius 1 is 1.29 bits per heavy atom. The molecule has 0 aromatic heterocycles. The van der Waals surface area contributed by atoms with E-state index in [0.717, 1.165) is 5.25 Å². The summed E-state index contributed by atoms with van der Waals surface area (Å²) in [6.45, 7) is 0. The summed E-state index contributed by atoms with van der Waals surface area (Å²) in [5, 5.41) is 0.779. The van der Waals surface area contributed by atoms with Crippen LogP contribution >= 0.6 is 21.7 Å². The molecule has 0 radical (unpaired) electrons. The summed E-state index contributed by atoms with van der Waals surface area (Å²) in [6, 6.07) is 0. The zero-order valence-corrected chi connectivity index (χ0v) is 5.76. The van der Waals surface area contributed by atoms with E-state index in [1.807, 2.05) is 0 Å². The van der Waals surface area contributed by atoms with Crippen LogP contribution in [0.25, 0.3) is 0 Å². The SMILES string of the molecule is ClSC1CCCC1. The van der Waals surface area contributed by atoms with E-state index >= 15 is 0 Å². The molecule has 1 saturated carbocycles. The fraction of sp³-hybridized carbons (Fsp3) is 1.00. The summed E-state index contributed by atoms with van der Waals surface area (Å²) >= 11 is 0. The summed E-state index contributed by atoms with van der Waals surface area (Å²) in [5.41, 5.74) is 0. The average molecular weight is 137 g/mol. The zero-order valence-electron chi connectivity index (χ0n) is 4.19. The van der Waals surface area contributed by atoms with Crippen molar-refractivity contribution in [2.24, 2.45) is 0 Å². The van der Waals surface area contributed by atoms with Crippen LogP contribution in [0, 0.1) is 0 Å². The minimum absolute atomic E-state index is 0.779. The highest BCUT2D eigenvalue weighted by Crippen LogP contribution is 2.31. The van der Waals surface area contributed by atoms with Crippen molar-refractivity contribution < 1.29 is 0 Å². The fourth-order valence-corrected chi connectivity index (χ4v) is 2.02. The van der Waals surface area contributed by atoms with Gasteiger partial charge in [0.25, 0.3) is 0 Å². The van der Waals surface area contributed by atoms with Crippen LogP contribution in [-0.2, 0) is 0 Å². The lowest BCUT2D eigenvalue weighted by atomic mass is 10.4. The Hall–Kier alpha value is 0.640. The van der Waals surface area contributed by atoms with Gasteiger partial charge in [-0.2, -0.15) is 0 Å². The topological polar surface area (TPSA) is 0 Å². The third-order valence-corrected chi connectivity index (χ3v) is 2.91. The summed E-state index contributed by atoms with van der Waals surface area (Å²) in [7, 11) is 7.03. The summed E-state index contributed by atoms with van der Waals surface area (Å²) < 4.78 is 0. The van der Waals surface area contributed by atoms with Crippen molar-refractivity contribution in [3.63, 3.8) is 0 Å². The second-order valence-electron chi connectivity index (χ2n) is 2.00. The Kier molecular flexibility index (Phi) is 2.33. The van der Waals surface area contributed by atoms with E-state index in [4.69, 9.17) is 10.7 Å². The third kappa shape index (κ3) is 1.54. The average Bonchev–Trinajstić information content (AvgIpc) is 2.14. The van der Waals surface area contributed by atoms with Gasteiger partial charge in [-0.15, -0.1) is 0 Å². The van der Waals surface area contributed by atoms with Crippen LogP contribution in [0.15, 0.2) is 0 Å². The molecule has 0 atom stereocenters. The first-order chi connectivity index (χ1) is 3.43. The van der Waals surface area contributed by atoms with Gasteiger partial charge in [-0.1, -0.05) is 23.8 Å². The lowest BCUT2D eigenvalue weighted by Crippen LogP contribution is -1.87. The highest BCUT2D eigenvalue weighted by atomic mass is 35.7. The summed E-state index contributed by atoms with van der Waals surface area (Å²) in [5.74, 6) is 0. The van der Waals surface area contributed by atoms with E-state index in [9.17, 15) is 0 Å². The van der Waals surface area contributed by atoms with Gasteiger partial charge in [0.1, 0.15) is 0 Å². The number of hydrogen-bond acceptors (Lipinski definition) is 1. The van der Waals surface area contributed by atoms with Crippen LogP contribution < -0.4 is 0 Å². The standard InChI is InChI=1S/C5H9ClS/c6-7-5-3-1-2-4-5/h5H,1-4H2. The Bertz CT molecular complexity index is 50.0. The molecule has 1 aliphatic carbocycles. The molecule has 1 fully saturated rings. The van der Waals surface area contributed by atoms with Crippen LogP contribution in [0.5, 0.6) is 0 Å². The summed E-state index contributed by atoms with van der Waals surface area (Å²) in [6.07, 6.45) is 5.47. The smallest absolute Gasteiger partial charge is 0.0199 e. The van der Waals surface area contributed by atoms with Crippen LogP contribution in [0.2, 0.25) is 0 Å². The highest BCUT2D eigenvalue weighted by molar-refractivity contribution is 8.21. The Morgan fingerprint density at radius 3 is 2.14 bits per heavy atom. The molecule has 0 bridgehead atoms. The maximum Gasteiger partial charge on any atom is 0.0199 e. The third-order valence-electron chi connectivity index (χ3n) is 1.43. The van der Waals surface area contributed by atoms with Crippen molar-refractivity contribution >= 4 is 21.7 Å². The summed E-state index contributed by atoms with van der Waals surface area (Å²) in [4.78, 5) is 0. The number of hydrogen-bond donors (Lipinski definition) is 0. The predicted octanol–water partition coefficient (Wildman–Crippen LogP) is 2.82. The van der Waals surface area contributed by atoms with Crippen molar-refractivity contribution in [2.75, 3.05) is 0 Å². The number of rotatable bonds is 1. The van der Waals surface area contributed by atoms with E-state index in [1.54, 1.807) is 0 Å². The molecule has 0 unspecified atom stereocenters. The number of halogens is 1. The lowest BCUT2D eigenvalue weighted by Gasteiger charge is -1.96. The molecular formula is C5H9ClS. The van der Waals surface area contributed by atoms with E-state index in [0.29, 0.717) is 0 Å². The Balaban J connectivity index is 2.14. The molecule has 0 aliphatic heterocycles. The van der Waals surface area contributed by atoms with E-state index in [1.165, 1.54) is 36.7 Å². The first kappa shape index (κ1) is 5.77. The molecule has 2 heteroatoms. The van der Waals surface area contributed by atoms with Crippen LogP contribution in [0.4, 0.5) is 0 Å². The van der Waals surface area contributed by atoms with Crippen molar-refractivity contribution in [2.45, 2.75) is 30.9 Å². The van der Waals surface area contributed by atoms with Crippen molar-refractivity contribution in [3.05, 3.63) is 0 Å². The normalized spacial score (nSPS) is 23.6. The molecule has 1 rings (SSSR count). The largest absolute Gasteiger partial charge is 0.0524 e. The molecule has 0 saturated heterocycles. The Morgan fingerprint density at radius 2 is 1.86 bits per heavy atom. The molecule has 0 N–H and O–H groups in total. The van der Waals surface area contributed by atoms with Crippen molar-refractivity contribution in [1.82, 2.24) is 0 Å². The van der Waals surface area contributed by atoms with Crippen molar-refractivity contribution in [1.29, 1.82) is 0 Å². The Labute approximate surface area is 53.1 Å². The minimum Gasteiger partial charge on any atom is -0.0524 e. The molecule has 0 nitrogen and oxygen atoms in total. The predicted molar refractivity (Wildman–Crippen MR) is 35.7 cm³/mol. The quantitative estimate of drug-likeness (QED) is 0.534. The van der Waals surface area contributed by atoms with Gasteiger partial charge in [0, 0.05) is 5.25 Å². The molecule has 7 heavy (non-hydrogen) atoms. The van der Waals surface area contributed by atoms with Crippen LogP contribution in [-0.4, -0.2) is 5.25 Å². The molecule has 0 aromatic rings. The highest BCUT2D eigenvalue weighted by Gasteiger charge is 2.13. The van der Waals surface area contributed by atoms with Gasteiger partial charge >= 0.3 is 0 Å². The maximum absolute atomic E-state index is 5.52. The van der Waals surface area contributed by atoms with Gasteiger partial charge in [0.05, 0.1) is 0 Å². The fourth-order valence-electron chi connectivity index (χ4n) is 0.977. The van der Waals surface area contributed by atoms with Crippen LogP contribution in [0.1, 0.15) is 25.7 Å². The van der Waals surface area contributed by atoms with E-state index in [-0.39, 0.29) is 0 Å². The second kappa shape index (κ2) is 2.83.